The molecule has 0 saturated carbocycles. The molecule has 1 aliphatic heterocycles. The van der Waals surface area contributed by atoms with E-state index in [0.29, 0.717) is 19.6 Å². The second-order valence-electron chi connectivity index (χ2n) is 4.79. The van der Waals surface area contributed by atoms with Crippen LogP contribution in [0.15, 0.2) is 36.7 Å². The fourth-order valence-corrected chi connectivity index (χ4v) is 2.27. The molecule has 3 rings (SSSR count). The fourth-order valence-electron chi connectivity index (χ4n) is 2.27. The van der Waals surface area contributed by atoms with Crippen molar-refractivity contribution in [2.75, 3.05) is 11.9 Å². The molecule has 1 aromatic carbocycles. The van der Waals surface area contributed by atoms with Gasteiger partial charge in [-0.2, -0.15) is 0 Å². The molecular formula is C14H17N5O. The van der Waals surface area contributed by atoms with Crippen LogP contribution in [-0.4, -0.2) is 27.0 Å². The molecule has 0 saturated heterocycles. The number of aromatic nitrogens is 2. The second-order valence-corrected chi connectivity index (χ2v) is 4.79. The number of nitrogens with zero attached hydrogens (tertiary/aromatic N) is 3. The van der Waals surface area contributed by atoms with E-state index in [9.17, 15) is 4.79 Å². The Bertz CT molecular complexity index is 604. The van der Waals surface area contributed by atoms with Crippen molar-refractivity contribution in [3.8, 4) is 0 Å². The Kier molecular flexibility index (Phi) is 3.39. The SMILES string of the molecule is NCc1ccc(NC(=O)N2CCn3ccnc3C2)cc1. The third-order valence-electron chi connectivity index (χ3n) is 3.47. The van der Waals surface area contributed by atoms with Gasteiger partial charge in [0.05, 0.1) is 6.54 Å². The number of imidazole rings is 1. The highest BCUT2D eigenvalue weighted by atomic mass is 16.2. The van der Waals surface area contributed by atoms with Crippen molar-refractivity contribution in [2.24, 2.45) is 5.73 Å². The lowest BCUT2D eigenvalue weighted by atomic mass is 10.2. The maximum atomic E-state index is 12.2. The predicted octanol–water partition coefficient (Wildman–Crippen LogP) is 1.39. The van der Waals surface area contributed by atoms with Crippen molar-refractivity contribution >= 4 is 11.7 Å². The number of hydrogen-bond acceptors (Lipinski definition) is 3. The van der Waals surface area contributed by atoms with Gasteiger partial charge in [0.25, 0.3) is 0 Å². The van der Waals surface area contributed by atoms with Gasteiger partial charge >= 0.3 is 6.03 Å². The number of nitrogens with one attached hydrogen (secondary N) is 1. The topological polar surface area (TPSA) is 76.2 Å². The van der Waals surface area contributed by atoms with Gasteiger partial charge in [-0.15, -0.1) is 0 Å². The molecule has 0 bridgehead atoms. The number of urea groups is 1. The van der Waals surface area contributed by atoms with E-state index in [1.807, 2.05) is 30.5 Å². The fraction of sp³-hybridized carbons (Fsp3) is 0.286. The highest BCUT2D eigenvalue weighted by Crippen LogP contribution is 2.14. The Hall–Kier alpha value is -2.34. The lowest BCUT2D eigenvalue weighted by molar-refractivity contribution is 0.195. The molecule has 0 fully saturated rings. The van der Waals surface area contributed by atoms with E-state index in [1.54, 1.807) is 11.1 Å². The van der Waals surface area contributed by atoms with Crippen LogP contribution in [0.25, 0.3) is 0 Å². The first kappa shape index (κ1) is 12.7. The molecule has 0 atom stereocenters. The van der Waals surface area contributed by atoms with Crippen LogP contribution in [0.2, 0.25) is 0 Å². The average Bonchev–Trinajstić information content (AvgIpc) is 2.95. The number of hydrogen-bond donors (Lipinski definition) is 2. The molecular weight excluding hydrogens is 254 g/mol. The van der Waals surface area contributed by atoms with E-state index in [0.717, 1.165) is 23.6 Å². The van der Waals surface area contributed by atoms with Crippen LogP contribution < -0.4 is 11.1 Å². The van der Waals surface area contributed by atoms with E-state index in [4.69, 9.17) is 5.73 Å². The minimum atomic E-state index is -0.0975. The van der Waals surface area contributed by atoms with Gasteiger partial charge in [-0.25, -0.2) is 9.78 Å². The predicted molar refractivity (Wildman–Crippen MR) is 76.0 cm³/mol. The number of carbonyl (C=O) groups excluding carboxylic acids is 1. The highest BCUT2D eigenvalue weighted by Gasteiger charge is 2.20. The van der Waals surface area contributed by atoms with Crippen LogP contribution in [0.1, 0.15) is 11.4 Å². The zero-order valence-corrected chi connectivity index (χ0v) is 11.1. The van der Waals surface area contributed by atoms with E-state index in [-0.39, 0.29) is 6.03 Å². The normalized spacial score (nSPS) is 13.9. The molecule has 2 amide bonds. The molecule has 0 radical (unpaired) electrons. The Labute approximate surface area is 117 Å². The summed E-state index contributed by atoms with van der Waals surface area (Å²) in [7, 11) is 0. The maximum Gasteiger partial charge on any atom is 0.322 e. The summed E-state index contributed by atoms with van der Waals surface area (Å²) in [5.41, 5.74) is 7.37. The zero-order chi connectivity index (χ0) is 13.9. The summed E-state index contributed by atoms with van der Waals surface area (Å²) in [6, 6.07) is 7.47. The third-order valence-corrected chi connectivity index (χ3v) is 3.47. The molecule has 0 unspecified atom stereocenters. The lowest BCUT2D eigenvalue weighted by Crippen LogP contribution is -2.40. The van der Waals surface area contributed by atoms with Crippen molar-refractivity contribution in [3.05, 3.63) is 48.0 Å². The molecule has 6 heteroatoms. The molecule has 3 N–H and O–H groups in total. The number of carbonyl (C=O) groups is 1. The summed E-state index contributed by atoms with van der Waals surface area (Å²) in [6.45, 7) is 2.52. The van der Waals surface area contributed by atoms with Gasteiger partial charge in [0.1, 0.15) is 5.82 Å². The minimum Gasteiger partial charge on any atom is -0.332 e. The first-order valence-electron chi connectivity index (χ1n) is 6.61. The van der Waals surface area contributed by atoms with Crippen LogP contribution in [0, 0.1) is 0 Å². The summed E-state index contributed by atoms with van der Waals surface area (Å²) in [5.74, 6) is 0.921. The molecule has 0 spiro atoms. The molecule has 104 valence electrons. The number of anilines is 1. The van der Waals surface area contributed by atoms with Crippen molar-refractivity contribution in [3.63, 3.8) is 0 Å². The number of nitrogens with two attached hydrogens (primary N) is 1. The van der Waals surface area contributed by atoms with Crippen molar-refractivity contribution in [1.82, 2.24) is 14.5 Å². The first-order valence-corrected chi connectivity index (χ1v) is 6.61. The van der Waals surface area contributed by atoms with Crippen LogP contribution in [0.3, 0.4) is 0 Å². The number of benzene rings is 1. The first-order chi connectivity index (χ1) is 9.76. The van der Waals surface area contributed by atoms with Crippen LogP contribution in [0.5, 0.6) is 0 Å². The average molecular weight is 271 g/mol. The van der Waals surface area contributed by atoms with Gasteiger partial charge in [0.15, 0.2) is 0 Å². The molecule has 1 aliphatic rings. The Balaban J connectivity index is 1.65. The smallest absolute Gasteiger partial charge is 0.322 e. The lowest BCUT2D eigenvalue weighted by Gasteiger charge is -2.27. The van der Waals surface area contributed by atoms with E-state index in [1.165, 1.54) is 0 Å². The summed E-state index contributed by atoms with van der Waals surface area (Å²) in [4.78, 5) is 18.2. The summed E-state index contributed by atoms with van der Waals surface area (Å²) in [5, 5.41) is 2.90. The number of amides is 2. The van der Waals surface area contributed by atoms with Gasteiger partial charge < -0.3 is 20.5 Å². The Morgan fingerprint density at radius 1 is 1.30 bits per heavy atom. The number of rotatable bonds is 2. The largest absolute Gasteiger partial charge is 0.332 e. The minimum absolute atomic E-state index is 0.0975. The van der Waals surface area contributed by atoms with Crippen LogP contribution in [-0.2, 0) is 19.6 Å². The zero-order valence-electron chi connectivity index (χ0n) is 11.1. The Morgan fingerprint density at radius 3 is 2.85 bits per heavy atom. The molecule has 2 aromatic rings. The van der Waals surface area contributed by atoms with Gasteiger partial charge in [-0.05, 0) is 17.7 Å². The van der Waals surface area contributed by atoms with E-state index < -0.39 is 0 Å². The summed E-state index contributed by atoms with van der Waals surface area (Å²) in [6.07, 6.45) is 3.71. The number of fused-ring (bicyclic) bond motifs is 1. The molecule has 1 aromatic heterocycles. The van der Waals surface area contributed by atoms with Crippen molar-refractivity contribution < 1.29 is 4.79 Å². The monoisotopic (exact) mass is 271 g/mol. The second kappa shape index (κ2) is 5.34. The van der Waals surface area contributed by atoms with E-state index in [2.05, 4.69) is 14.9 Å². The van der Waals surface area contributed by atoms with Crippen LogP contribution >= 0.6 is 0 Å². The van der Waals surface area contributed by atoms with Gasteiger partial charge in [-0.1, -0.05) is 12.1 Å². The van der Waals surface area contributed by atoms with Gasteiger partial charge in [-0.3, -0.25) is 0 Å². The molecule has 2 heterocycles. The molecule has 0 aliphatic carbocycles. The van der Waals surface area contributed by atoms with Crippen molar-refractivity contribution in [1.29, 1.82) is 0 Å². The highest BCUT2D eigenvalue weighted by molar-refractivity contribution is 5.89. The summed E-state index contributed by atoms with van der Waals surface area (Å²) < 4.78 is 2.07. The third kappa shape index (κ3) is 2.50. The Morgan fingerprint density at radius 2 is 2.10 bits per heavy atom. The molecule has 20 heavy (non-hydrogen) atoms. The van der Waals surface area contributed by atoms with Crippen molar-refractivity contribution in [2.45, 2.75) is 19.6 Å². The van der Waals surface area contributed by atoms with Gasteiger partial charge in [0.2, 0.25) is 0 Å². The summed E-state index contributed by atoms with van der Waals surface area (Å²) >= 11 is 0. The quantitative estimate of drug-likeness (QED) is 0.866. The van der Waals surface area contributed by atoms with Gasteiger partial charge in [0, 0.05) is 37.7 Å². The maximum absolute atomic E-state index is 12.2. The van der Waals surface area contributed by atoms with Crippen LogP contribution in [0.4, 0.5) is 10.5 Å². The van der Waals surface area contributed by atoms with E-state index >= 15 is 0 Å². The standard InChI is InChI=1S/C14H17N5O/c15-9-11-1-3-12(4-2-11)17-14(20)19-8-7-18-6-5-16-13(18)10-19/h1-6H,7-10,15H2,(H,17,20). The molecule has 6 nitrogen and oxygen atoms in total.